The maximum Gasteiger partial charge on any atom is 0.128 e. The summed E-state index contributed by atoms with van der Waals surface area (Å²) in [6, 6.07) is 7.05. The monoisotopic (exact) mass is 233 g/mol. The molecule has 1 aromatic heterocycles. The molecule has 0 aliphatic rings. The molecule has 1 heterocycles. The Morgan fingerprint density at radius 1 is 1.35 bits per heavy atom. The second-order valence-corrected chi connectivity index (χ2v) is 3.97. The molecule has 1 aromatic carbocycles. The zero-order valence-corrected chi connectivity index (χ0v) is 10.1. The number of benzene rings is 1. The highest BCUT2D eigenvalue weighted by Crippen LogP contribution is 2.13. The lowest BCUT2D eigenvalue weighted by Gasteiger charge is -2.03. The zero-order valence-electron chi connectivity index (χ0n) is 10.1. The van der Waals surface area contributed by atoms with Gasteiger partial charge in [0.25, 0.3) is 0 Å². The molecule has 0 aliphatic carbocycles. The van der Waals surface area contributed by atoms with Gasteiger partial charge in [0.05, 0.1) is 11.4 Å². The second kappa shape index (κ2) is 5.10. The van der Waals surface area contributed by atoms with Gasteiger partial charge in [0.2, 0.25) is 0 Å². The van der Waals surface area contributed by atoms with E-state index < -0.39 is 0 Å². The van der Waals surface area contributed by atoms with E-state index >= 15 is 0 Å². The van der Waals surface area contributed by atoms with Crippen molar-refractivity contribution in [2.75, 3.05) is 6.54 Å². The van der Waals surface area contributed by atoms with Crippen LogP contribution in [0.25, 0.3) is 5.69 Å². The zero-order chi connectivity index (χ0) is 12.3. The topological polar surface area (TPSA) is 29.9 Å². The van der Waals surface area contributed by atoms with E-state index in [0.29, 0.717) is 5.56 Å². The van der Waals surface area contributed by atoms with E-state index in [1.807, 2.05) is 25.3 Å². The molecule has 0 fully saturated rings. The van der Waals surface area contributed by atoms with Crippen molar-refractivity contribution in [3.8, 4) is 5.69 Å². The van der Waals surface area contributed by atoms with Crippen LogP contribution in [0.4, 0.5) is 4.39 Å². The van der Waals surface area contributed by atoms with Gasteiger partial charge >= 0.3 is 0 Å². The maximum absolute atomic E-state index is 13.4. The van der Waals surface area contributed by atoms with E-state index in [1.165, 1.54) is 6.07 Å². The van der Waals surface area contributed by atoms with E-state index in [2.05, 4.69) is 10.4 Å². The molecule has 0 bridgehead atoms. The summed E-state index contributed by atoms with van der Waals surface area (Å²) in [5, 5.41) is 7.58. The van der Waals surface area contributed by atoms with E-state index in [1.54, 1.807) is 17.7 Å². The first-order valence-corrected chi connectivity index (χ1v) is 5.72. The predicted octanol–water partition coefficient (Wildman–Crippen LogP) is 2.43. The fourth-order valence-electron chi connectivity index (χ4n) is 1.58. The van der Waals surface area contributed by atoms with Gasteiger partial charge < -0.3 is 5.32 Å². The SMILES string of the molecule is CCNCc1ccn(-c2ccc(C)c(F)c2)n1. The Hall–Kier alpha value is -1.68. The minimum absolute atomic E-state index is 0.203. The average Bonchev–Trinajstić information content (AvgIpc) is 2.79. The van der Waals surface area contributed by atoms with Gasteiger partial charge in [-0.25, -0.2) is 9.07 Å². The first kappa shape index (κ1) is 11.8. The third-order valence-electron chi connectivity index (χ3n) is 2.62. The molecule has 1 N–H and O–H groups in total. The van der Waals surface area contributed by atoms with Crippen molar-refractivity contribution in [3.63, 3.8) is 0 Å². The summed E-state index contributed by atoms with van der Waals surface area (Å²) in [4.78, 5) is 0. The van der Waals surface area contributed by atoms with Crippen LogP contribution in [0.15, 0.2) is 30.5 Å². The molecular weight excluding hydrogens is 217 g/mol. The van der Waals surface area contributed by atoms with Gasteiger partial charge in [0, 0.05) is 12.7 Å². The van der Waals surface area contributed by atoms with Crippen molar-refractivity contribution < 1.29 is 4.39 Å². The number of nitrogens with one attached hydrogen (secondary N) is 1. The molecule has 3 nitrogen and oxygen atoms in total. The van der Waals surface area contributed by atoms with Gasteiger partial charge in [0.1, 0.15) is 5.82 Å². The summed E-state index contributed by atoms with van der Waals surface area (Å²) in [6.45, 7) is 5.44. The normalized spacial score (nSPS) is 10.8. The van der Waals surface area contributed by atoms with Crippen LogP contribution in [0.1, 0.15) is 18.2 Å². The molecule has 90 valence electrons. The lowest BCUT2D eigenvalue weighted by Crippen LogP contribution is -2.12. The summed E-state index contributed by atoms with van der Waals surface area (Å²) in [5.74, 6) is -0.203. The van der Waals surface area contributed by atoms with Crippen molar-refractivity contribution in [1.29, 1.82) is 0 Å². The third-order valence-corrected chi connectivity index (χ3v) is 2.62. The van der Waals surface area contributed by atoms with Gasteiger partial charge in [-0.15, -0.1) is 0 Å². The van der Waals surface area contributed by atoms with E-state index in [0.717, 1.165) is 24.5 Å². The Morgan fingerprint density at radius 2 is 2.18 bits per heavy atom. The smallest absolute Gasteiger partial charge is 0.128 e. The van der Waals surface area contributed by atoms with E-state index in [9.17, 15) is 4.39 Å². The molecule has 0 unspecified atom stereocenters. The fraction of sp³-hybridized carbons (Fsp3) is 0.308. The number of nitrogens with zero attached hydrogens (tertiary/aromatic N) is 2. The van der Waals surface area contributed by atoms with Crippen LogP contribution in [0.5, 0.6) is 0 Å². The van der Waals surface area contributed by atoms with Crippen molar-refractivity contribution in [3.05, 3.63) is 47.5 Å². The lowest BCUT2D eigenvalue weighted by molar-refractivity contribution is 0.615. The molecule has 2 aromatic rings. The Kier molecular flexibility index (Phi) is 3.54. The molecule has 0 amide bonds. The largest absolute Gasteiger partial charge is 0.311 e. The van der Waals surface area contributed by atoms with Crippen LogP contribution in [-0.2, 0) is 6.54 Å². The van der Waals surface area contributed by atoms with Crippen LogP contribution in [0.2, 0.25) is 0 Å². The first-order valence-electron chi connectivity index (χ1n) is 5.72. The van der Waals surface area contributed by atoms with Crippen LogP contribution in [0.3, 0.4) is 0 Å². The first-order chi connectivity index (χ1) is 8.20. The van der Waals surface area contributed by atoms with Crippen molar-refractivity contribution in [1.82, 2.24) is 15.1 Å². The minimum atomic E-state index is -0.203. The summed E-state index contributed by atoms with van der Waals surface area (Å²) in [5.41, 5.74) is 2.34. The minimum Gasteiger partial charge on any atom is -0.311 e. The number of aromatic nitrogens is 2. The van der Waals surface area contributed by atoms with Gasteiger partial charge in [-0.3, -0.25) is 0 Å². The Morgan fingerprint density at radius 3 is 2.88 bits per heavy atom. The Bertz CT molecular complexity index is 505. The van der Waals surface area contributed by atoms with Gasteiger partial charge in [-0.1, -0.05) is 13.0 Å². The summed E-state index contributed by atoms with van der Waals surface area (Å²) < 4.78 is 15.1. The van der Waals surface area contributed by atoms with E-state index in [-0.39, 0.29) is 5.82 Å². The molecule has 17 heavy (non-hydrogen) atoms. The van der Waals surface area contributed by atoms with Crippen molar-refractivity contribution >= 4 is 0 Å². The van der Waals surface area contributed by atoms with Gasteiger partial charge in [-0.05, 0) is 37.2 Å². The Balaban J connectivity index is 2.21. The predicted molar refractivity (Wildman–Crippen MR) is 65.6 cm³/mol. The quantitative estimate of drug-likeness (QED) is 0.879. The molecule has 0 radical (unpaired) electrons. The summed E-state index contributed by atoms with van der Waals surface area (Å²) in [6.07, 6.45) is 1.84. The number of hydrogen-bond donors (Lipinski definition) is 1. The highest BCUT2D eigenvalue weighted by Gasteiger charge is 2.03. The van der Waals surface area contributed by atoms with Crippen molar-refractivity contribution in [2.24, 2.45) is 0 Å². The second-order valence-electron chi connectivity index (χ2n) is 3.97. The van der Waals surface area contributed by atoms with Crippen LogP contribution in [-0.4, -0.2) is 16.3 Å². The maximum atomic E-state index is 13.4. The number of aryl methyl sites for hydroxylation is 1. The van der Waals surface area contributed by atoms with Gasteiger partial charge in [0.15, 0.2) is 0 Å². The molecule has 0 spiro atoms. The molecule has 2 rings (SSSR count). The summed E-state index contributed by atoms with van der Waals surface area (Å²) >= 11 is 0. The molecule has 0 saturated heterocycles. The van der Waals surface area contributed by atoms with Crippen LogP contribution in [0, 0.1) is 12.7 Å². The van der Waals surface area contributed by atoms with Crippen LogP contribution >= 0.6 is 0 Å². The molecular formula is C13H16FN3. The van der Waals surface area contributed by atoms with Crippen LogP contribution < -0.4 is 5.32 Å². The molecule has 0 saturated carbocycles. The number of hydrogen-bond acceptors (Lipinski definition) is 2. The highest BCUT2D eigenvalue weighted by molar-refractivity contribution is 5.34. The standard InChI is InChI=1S/C13H16FN3/c1-3-15-9-11-6-7-17(16-11)12-5-4-10(2)13(14)8-12/h4-8,15H,3,9H2,1-2H3. The van der Waals surface area contributed by atoms with Crippen molar-refractivity contribution in [2.45, 2.75) is 20.4 Å². The highest BCUT2D eigenvalue weighted by atomic mass is 19.1. The van der Waals surface area contributed by atoms with Gasteiger partial charge in [-0.2, -0.15) is 5.10 Å². The van der Waals surface area contributed by atoms with E-state index in [4.69, 9.17) is 0 Å². The molecule has 4 heteroatoms. The number of halogens is 1. The number of rotatable bonds is 4. The average molecular weight is 233 g/mol. The molecule has 0 atom stereocenters. The fourth-order valence-corrected chi connectivity index (χ4v) is 1.58. The third kappa shape index (κ3) is 2.71. The molecule has 0 aliphatic heterocycles. The summed E-state index contributed by atoms with van der Waals surface area (Å²) in [7, 11) is 0. The lowest BCUT2D eigenvalue weighted by atomic mass is 10.2. The Labute approximate surface area is 100 Å².